The number of hydrogen-bond donors (Lipinski definition) is 0. The first-order valence-corrected chi connectivity index (χ1v) is 9.05. The number of alkyl halides is 3. The highest BCUT2D eigenvalue weighted by atomic mass is 32.2. The molecule has 2 aromatic carbocycles. The van der Waals surface area contributed by atoms with Crippen molar-refractivity contribution in [3.05, 3.63) is 65.7 Å². The number of carbonyl (C=O) groups is 1. The van der Waals surface area contributed by atoms with Crippen LogP contribution in [0.4, 0.5) is 13.2 Å². The van der Waals surface area contributed by atoms with Crippen molar-refractivity contribution in [2.24, 2.45) is 0 Å². The normalized spacial score (nSPS) is 14.4. The van der Waals surface area contributed by atoms with E-state index in [1.54, 1.807) is 4.90 Å². The molecule has 1 aliphatic carbocycles. The van der Waals surface area contributed by atoms with E-state index in [1.165, 1.54) is 23.9 Å². The van der Waals surface area contributed by atoms with Gasteiger partial charge in [0.15, 0.2) is 0 Å². The third-order valence-electron chi connectivity index (χ3n) is 4.05. The smallest absolute Gasteiger partial charge is 0.335 e. The summed E-state index contributed by atoms with van der Waals surface area (Å²) in [5.74, 6) is 0.359. The molecule has 1 amide bonds. The molecule has 0 heterocycles. The summed E-state index contributed by atoms with van der Waals surface area (Å²) >= 11 is 1.48. The maximum atomic E-state index is 12.6. The molecule has 0 radical (unpaired) electrons. The molecule has 1 fully saturated rings. The van der Waals surface area contributed by atoms with Crippen LogP contribution in [0.15, 0.2) is 59.5 Å². The predicted octanol–water partition coefficient (Wildman–Crippen LogP) is 4.99. The molecule has 0 atom stereocenters. The maximum Gasteiger partial charge on any atom is 0.416 e. The van der Waals surface area contributed by atoms with E-state index < -0.39 is 11.7 Å². The van der Waals surface area contributed by atoms with Gasteiger partial charge < -0.3 is 4.90 Å². The Hall–Kier alpha value is -1.95. The van der Waals surface area contributed by atoms with Gasteiger partial charge in [0.2, 0.25) is 5.91 Å². The Labute approximate surface area is 149 Å². The molecular formula is C19H18F3NOS. The van der Waals surface area contributed by atoms with Gasteiger partial charge in [-0.05, 0) is 42.7 Å². The average Bonchev–Trinajstić information content (AvgIpc) is 3.43. The third-order valence-corrected chi connectivity index (χ3v) is 5.04. The third kappa shape index (κ3) is 5.01. The molecule has 132 valence electrons. The van der Waals surface area contributed by atoms with Gasteiger partial charge in [-0.3, -0.25) is 4.79 Å². The molecular weight excluding hydrogens is 347 g/mol. The van der Waals surface area contributed by atoms with Gasteiger partial charge in [-0.1, -0.05) is 30.3 Å². The fourth-order valence-electron chi connectivity index (χ4n) is 2.55. The lowest BCUT2D eigenvalue weighted by Gasteiger charge is -2.22. The van der Waals surface area contributed by atoms with Gasteiger partial charge in [-0.25, -0.2) is 0 Å². The molecule has 0 spiro atoms. The van der Waals surface area contributed by atoms with E-state index in [4.69, 9.17) is 0 Å². The lowest BCUT2D eigenvalue weighted by atomic mass is 10.1. The van der Waals surface area contributed by atoms with Gasteiger partial charge in [0.25, 0.3) is 0 Å². The van der Waals surface area contributed by atoms with Crippen molar-refractivity contribution in [1.82, 2.24) is 4.90 Å². The molecule has 0 bridgehead atoms. The molecule has 0 aliphatic heterocycles. The summed E-state index contributed by atoms with van der Waals surface area (Å²) in [4.78, 5) is 15.4. The molecule has 2 nitrogen and oxygen atoms in total. The van der Waals surface area contributed by atoms with Crippen molar-refractivity contribution in [3.8, 4) is 0 Å². The first-order chi connectivity index (χ1) is 11.9. The first-order valence-electron chi connectivity index (χ1n) is 8.07. The van der Waals surface area contributed by atoms with Gasteiger partial charge >= 0.3 is 6.18 Å². The minimum Gasteiger partial charge on any atom is -0.335 e. The number of amides is 1. The Kier molecular flexibility index (Phi) is 5.37. The number of hydrogen-bond acceptors (Lipinski definition) is 2. The number of nitrogens with zero attached hydrogens (tertiary/aromatic N) is 1. The number of benzene rings is 2. The summed E-state index contributed by atoms with van der Waals surface area (Å²) in [5, 5.41) is 0. The van der Waals surface area contributed by atoms with Crippen LogP contribution in [0, 0.1) is 0 Å². The molecule has 0 aromatic heterocycles. The molecule has 1 saturated carbocycles. The fraction of sp³-hybridized carbons (Fsp3) is 0.316. The van der Waals surface area contributed by atoms with Crippen LogP contribution in [0.25, 0.3) is 0 Å². The minimum absolute atomic E-state index is 0.0243. The van der Waals surface area contributed by atoms with E-state index in [1.807, 2.05) is 30.3 Å². The monoisotopic (exact) mass is 365 g/mol. The molecule has 6 heteroatoms. The summed E-state index contributed by atoms with van der Waals surface area (Å²) in [5.41, 5.74) is 0.0538. The summed E-state index contributed by atoms with van der Waals surface area (Å²) in [6.07, 6.45) is -2.42. The number of rotatable bonds is 6. The van der Waals surface area contributed by atoms with Gasteiger partial charge in [0, 0.05) is 17.5 Å². The Morgan fingerprint density at radius 1 is 1.04 bits per heavy atom. The molecule has 1 aliphatic rings. The van der Waals surface area contributed by atoms with Crippen molar-refractivity contribution >= 4 is 17.7 Å². The Bertz CT molecular complexity index is 712. The second-order valence-corrected chi connectivity index (χ2v) is 7.10. The largest absolute Gasteiger partial charge is 0.416 e. The van der Waals surface area contributed by atoms with Crippen LogP contribution in [0.5, 0.6) is 0 Å². The lowest BCUT2D eigenvalue weighted by Crippen LogP contribution is -2.34. The molecule has 0 saturated heterocycles. The molecule has 2 aromatic rings. The average molecular weight is 365 g/mol. The minimum atomic E-state index is -4.34. The molecule has 0 N–H and O–H groups in total. The summed E-state index contributed by atoms with van der Waals surface area (Å²) in [7, 11) is 0. The zero-order valence-electron chi connectivity index (χ0n) is 13.5. The second kappa shape index (κ2) is 7.52. The Morgan fingerprint density at radius 3 is 2.24 bits per heavy atom. The summed E-state index contributed by atoms with van der Waals surface area (Å²) < 4.78 is 37.9. The second-order valence-electron chi connectivity index (χ2n) is 6.05. The number of thioether (sulfide) groups is 1. The van der Waals surface area contributed by atoms with E-state index in [0.717, 1.165) is 35.4 Å². The van der Waals surface area contributed by atoms with Crippen LogP contribution in [-0.4, -0.2) is 22.6 Å². The van der Waals surface area contributed by atoms with E-state index in [0.29, 0.717) is 12.3 Å². The standard InChI is InChI=1S/C19H18F3NOS/c20-19(21,22)15-8-6-14(7-9-15)12-23(16-10-11-16)18(24)13-25-17-4-2-1-3-5-17/h1-9,16H,10-13H2. The van der Waals surface area contributed by atoms with Crippen LogP contribution in [-0.2, 0) is 17.5 Å². The SMILES string of the molecule is O=C(CSc1ccccc1)N(Cc1ccc(C(F)(F)F)cc1)C1CC1. The van der Waals surface area contributed by atoms with Crippen molar-refractivity contribution in [2.45, 2.75) is 36.5 Å². The molecule has 0 unspecified atom stereocenters. The van der Waals surface area contributed by atoms with Crippen molar-refractivity contribution in [2.75, 3.05) is 5.75 Å². The molecule has 3 rings (SSSR count). The summed E-state index contributed by atoms with van der Waals surface area (Å²) in [6, 6.07) is 14.9. The van der Waals surface area contributed by atoms with Crippen molar-refractivity contribution < 1.29 is 18.0 Å². The Morgan fingerprint density at radius 2 is 1.68 bits per heavy atom. The number of halogens is 3. The topological polar surface area (TPSA) is 20.3 Å². The van der Waals surface area contributed by atoms with Crippen LogP contribution in [0.1, 0.15) is 24.0 Å². The van der Waals surface area contributed by atoms with E-state index in [2.05, 4.69) is 0 Å². The highest BCUT2D eigenvalue weighted by molar-refractivity contribution is 8.00. The van der Waals surface area contributed by atoms with Crippen LogP contribution in [0.2, 0.25) is 0 Å². The van der Waals surface area contributed by atoms with Crippen molar-refractivity contribution in [3.63, 3.8) is 0 Å². The number of carbonyl (C=O) groups excluding carboxylic acids is 1. The summed E-state index contributed by atoms with van der Waals surface area (Å²) in [6.45, 7) is 0.358. The van der Waals surface area contributed by atoms with E-state index >= 15 is 0 Å². The van der Waals surface area contributed by atoms with Gasteiger partial charge in [0.05, 0.1) is 11.3 Å². The first kappa shape index (κ1) is 17.9. The van der Waals surface area contributed by atoms with Crippen molar-refractivity contribution in [1.29, 1.82) is 0 Å². The van der Waals surface area contributed by atoms with E-state index in [9.17, 15) is 18.0 Å². The zero-order valence-corrected chi connectivity index (χ0v) is 14.3. The Balaban J connectivity index is 1.62. The van der Waals surface area contributed by atoms with Crippen LogP contribution in [0.3, 0.4) is 0 Å². The van der Waals surface area contributed by atoms with E-state index in [-0.39, 0.29) is 11.9 Å². The highest BCUT2D eigenvalue weighted by Crippen LogP contribution is 2.32. The maximum absolute atomic E-state index is 12.6. The molecule has 25 heavy (non-hydrogen) atoms. The van der Waals surface area contributed by atoms with Gasteiger partial charge in [-0.2, -0.15) is 13.2 Å². The van der Waals surface area contributed by atoms with Crippen LogP contribution < -0.4 is 0 Å². The van der Waals surface area contributed by atoms with Crippen LogP contribution >= 0.6 is 11.8 Å². The van der Waals surface area contributed by atoms with Gasteiger partial charge in [-0.15, -0.1) is 11.8 Å². The predicted molar refractivity (Wildman–Crippen MR) is 92.2 cm³/mol. The van der Waals surface area contributed by atoms with Gasteiger partial charge in [0.1, 0.15) is 0 Å². The lowest BCUT2D eigenvalue weighted by molar-refractivity contribution is -0.137. The highest BCUT2D eigenvalue weighted by Gasteiger charge is 2.33. The fourth-order valence-corrected chi connectivity index (χ4v) is 3.35. The quantitative estimate of drug-likeness (QED) is 0.672. The zero-order chi connectivity index (χ0) is 17.9.